The van der Waals surface area contributed by atoms with Crippen LogP contribution in [0.1, 0.15) is 42.6 Å². The van der Waals surface area contributed by atoms with Crippen LogP contribution in [-0.4, -0.2) is 70.1 Å². The lowest BCUT2D eigenvalue weighted by Gasteiger charge is -2.45. The number of hydrogen-bond acceptors (Lipinski definition) is 7. The number of fused-ring (bicyclic) bond motifs is 4. The maximum Gasteiger partial charge on any atom is 0.270 e. The van der Waals surface area contributed by atoms with Crippen molar-refractivity contribution in [3.05, 3.63) is 36.3 Å². The molecule has 0 aromatic carbocycles. The average Bonchev–Trinajstić information content (AvgIpc) is 3.24. The van der Waals surface area contributed by atoms with Crippen molar-refractivity contribution >= 4 is 34.4 Å². The minimum absolute atomic E-state index is 0.0591. The lowest BCUT2D eigenvalue weighted by molar-refractivity contribution is 0.0543. The number of aromatic nitrogens is 4. The zero-order valence-corrected chi connectivity index (χ0v) is 19.0. The number of pyridine rings is 1. The zero-order valence-electron chi connectivity index (χ0n) is 19.0. The minimum atomic E-state index is -0.0766. The van der Waals surface area contributed by atoms with Gasteiger partial charge in [0.1, 0.15) is 17.2 Å². The number of amides is 1. The van der Waals surface area contributed by atoms with E-state index < -0.39 is 0 Å². The van der Waals surface area contributed by atoms with Gasteiger partial charge in [0.2, 0.25) is 5.95 Å². The largest absolute Gasteiger partial charge is 0.368 e. The van der Waals surface area contributed by atoms with Crippen molar-refractivity contribution in [3.8, 4) is 0 Å². The fourth-order valence-corrected chi connectivity index (χ4v) is 5.74. The van der Waals surface area contributed by atoms with Crippen LogP contribution in [0.2, 0.25) is 0 Å². The van der Waals surface area contributed by atoms with Crippen LogP contribution in [0.25, 0.3) is 11.0 Å². The minimum Gasteiger partial charge on any atom is -0.368 e. The van der Waals surface area contributed by atoms with Gasteiger partial charge in [0, 0.05) is 51.4 Å². The first-order chi connectivity index (χ1) is 16.1. The van der Waals surface area contributed by atoms with Gasteiger partial charge in [0.15, 0.2) is 0 Å². The van der Waals surface area contributed by atoms with Crippen molar-refractivity contribution in [1.29, 1.82) is 0 Å². The number of hydrogen-bond donors (Lipinski definition) is 2. The molecule has 5 heterocycles. The first-order valence-corrected chi connectivity index (χ1v) is 12.0. The highest BCUT2D eigenvalue weighted by atomic mass is 16.2. The van der Waals surface area contributed by atoms with Gasteiger partial charge >= 0.3 is 0 Å². The van der Waals surface area contributed by atoms with Gasteiger partial charge in [-0.3, -0.25) is 4.79 Å². The highest BCUT2D eigenvalue weighted by Crippen LogP contribution is 2.42. The van der Waals surface area contributed by atoms with E-state index in [0.29, 0.717) is 11.8 Å². The molecular weight excluding hydrogens is 416 g/mol. The third-order valence-corrected chi connectivity index (χ3v) is 7.37. The second-order valence-electron chi connectivity index (χ2n) is 9.55. The average molecular weight is 447 g/mol. The molecule has 1 amide bonds. The van der Waals surface area contributed by atoms with E-state index in [1.807, 2.05) is 36.5 Å². The van der Waals surface area contributed by atoms with E-state index in [9.17, 15) is 4.79 Å². The molecule has 3 aromatic heterocycles. The molecule has 9 nitrogen and oxygen atoms in total. The molecule has 2 N–H and O–H groups in total. The molecule has 0 radical (unpaired) electrons. The molecule has 0 bridgehead atoms. The Morgan fingerprint density at radius 1 is 1.06 bits per heavy atom. The summed E-state index contributed by atoms with van der Waals surface area (Å²) in [5.74, 6) is 1.27. The van der Waals surface area contributed by atoms with E-state index in [4.69, 9.17) is 4.98 Å². The van der Waals surface area contributed by atoms with E-state index in [2.05, 4.69) is 36.1 Å². The van der Waals surface area contributed by atoms with Crippen LogP contribution in [0.4, 0.5) is 17.5 Å². The van der Waals surface area contributed by atoms with Gasteiger partial charge in [-0.15, -0.1) is 0 Å². The molecule has 172 valence electrons. The Kier molecular flexibility index (Phi) is 4.94. The summed E-state index contributed by atoms with van der Waals surface area (Å²) in [5.41, 5.74) is 2.61. The Labute approximate surface area is 193 Å². The lowest BCUT2D eigenvalue weighted by atomic mass is 9.79. The maximum atomic E-state index is 13.0. The van der Waals surface area contributed by atoms with Gasteiger partial charge in [0.25, 0.3) is 5.91 Å². The number of anilines is 3. The molecule has 2 fully saturated rings. The van der Waals surface area contributed by atoms with Gasteiger partial charge in [-0.2, -0.15) is 4.98 Å². The van der Waals surface area contributed by atoms with Crippen molar-refractivity contribution in [2.24, 2.45) is 0 Å². The second kappa shape index (κ2) is 7.98. The quantitative estimate of drug-likeness (QED) is 0.639. The van der Waals surface area contributed by atoms with Gasteiger partial charge in [0.05, 0.1) is 17.4 Å². The number of nitrogens with zero attached hydrogens (tertiary/aromatic N) is 6. The third kappa shape index (κ3) is 3.51. The maximum absolute atomic E-state index is 13.0. The summed E-state index contributed by atoms with van der Waals surface area (Å²) < 4.78 is 2.22. The summed E-state index contributed by atoms with van der Waals surface area (Å²) in [6.07, 6.45) is 9.48. The highest BCUT2D eigenvalue weighted by molar-refractivity contribution is 5.99. The molecule has 1 saturated heterocycles. The van der Waals surface area contributed by atoms with Crippen molar-refractivity contribution in [1.82, 2.24) is 29.7 Å². The number of piperazine rings is 1. The van der Waals surface area contributed by atoms with Crippen molar-refractivity contribution < 1.29 is 4.79 Å². The molecular formula is C24H30N8O. The Morgan fingerprint density at radius 2 is 1.88 bits per heavy atom. The normalized spacial score (nSPS) is 20.3. The van der Waals surface area contributed by atoms with Crippen molar-refractivity contribution in [2.45, 2.75) is 37.6 Å². The summed E-state index contributed by atoms with van der Waals surface area (Å²) in [6, 6.07) is 6.01. The molecule has 1 aliphatic carbocycles. The van der Waals surface area contributed by atoms with Crippen molar-refractivity contribution in [2.75, 3.05) is 50.0 Å². The third-order valence-electron chi connectivity index (χ3n) is 7.37. The standard InChI is InChI=1S/C24H30N8O/c1-30-16-24(7-3-2-4-8-24)32-19(22(30)33)13-17-14-27-23(29-21(17)32)28-20-6-5-18(15-26-20)31-11-9-25-10-12-31/h5-6,13-15,25H,2-4,7-12,16H2,1H3,(H,26,27,28,29). The van der Waals surface area contributed by atoms with E-state index in [1.165, 1.54) is 19.3 Å². The molecule has 2 aliphatic heterocycles. The van der Waals surface area contributed by atoms with Crippen LogP contribution >= 0.6 is 0 Å². The van der Waals surface area contributed by atoms with Gasteiger partial charge in [-0.25, -0.2) is 9.97 Å². The summed E-state index contributed by atoms with van der Waals surface area (Å²) >= 11 is 0. The lowest BCUT2D eigenvalue weighted by Crippen LogP contribution is -2.53. The first-order valence-electron chi connectivity index (χ1n) is 12.0. The van der Waals surface area contributed by atoms with Crippen LogP contribution in [0.3, 0.4) is 0 Å². The van der Waals surface area contributed by atoms with Gasteiger partial charge in [-0.1, -0.05) is 19.3 Å². The first kappa shape index (κ1) is 20.4. The molecule has 1 saturated carbocycles. The summed E-state index contributed by atoms with van der Waals surface area (Å²) in [7, 11) is 1.91. The van der Waals surface area contributed by atoms with Gasteiger partial charge < -0.3 is 25.0 Å². The molecule has 0 unspecified atom stereocenters. The predicted molar refractivity (Wildman–Crippen MR) is 128 cm³/mol. The number of carbonyl (C=O) groups excluding carboxylic acids is 1. The number of nitrogens with one attached hydrogen (secondary N) is 2. The van der Waals surface area contributed by atoms with Crippen LogP contribution in [0.15, 0.2) is 30.6 Å². The van der Waals surface area contributed by atoms with Crippen LogP contribution in [0.5, 0.6) is 0 Å². The number of carbonyl (C=O) groups is 1. The van der Waals surface area contributed by atoms with Crippen LogP contribution < -0.4 is 15.5 Å². The fraction of sp³-hybridized carbons (Fsp3) is 0.500. The van der Waals surface area contributed by atoms with E-state index in [0.717, 1.165) is 68.0 Å². The molecule has 33 heavy (non-hydrogen) atoms. The Bertz CT molecular complexity index is 1180. The number of rotatable bonds is 3. The van der Waals surface area contributed by atoms with Gasteiger partial charge in [-0.05, 0) is 31.0 Å². The zero-order chi connectivity index (χ0) is 22.4. The molecule has 9 heteroatoms. The summed E-state index contributed by atoms with van der Waals surface area (Å²) in [4.78, 5) is 31.2. The molecule has 3 aromatic rings. The van der Waals surface area contributed by atoms with Crippen LogP contribution in [0, 0.1) is 0 Å². The molecule has 1 spiro atoms. The van der Waals surface area contributed by atoms with E-state index in [1.54, 1.807) is 0 Å². The second-order valence-corrected chi connectivity index (χ2v) is 9.55. The topological polar surface area (TPSA) is 91.2 Å². The number of likely N-dealkylation sites (N-methyl/N-ethyl adjacent to an activating group) is 1. The Hall–Kier alpha value is -3.20. The van der Waals surface area contributed by atoms with Crippen molar-refractivity contribution in [3.63, 3.8) is 0 Å². The summed E-state index contributed by atoms with van der Waals surface area (Å²) in [6.45, 7) is 4.71. The fourth-order valence-electron chi connectivity index (χ4n) is 5.74. The van der Waals surface area contributed by atoms with E-state index in [-0.39, 0.29) is 11.4 Å². The molecule has 3 aliphatic rings. The predicted octanol–water partition coefficient (Wildman–Crippen LogP) is 2.72. The summed E-state index contributed by atoms with van der Waals surface area (Å²) in [5, 5.41) is 7.54. The van der Waals surface area contributed by atoms with Crippen LogP contribution in [-0.2, 0) is 5.54 Å². The Morgan fingerprint density at radius 3 is 2.64 bits per heavy atom. The smallest absolute Gasteiger partial charge is 0.270 e. The monoisotopic (exact) mass is 446 g/mol. The van der Waals surface area contributed by atoms with E-state index >= 15 is 0 Å². The highest BCUT2D eigenvalue weighted by Gasteiger charge is 2.43. The molecule has 0 atom stereocenters. The SMILES string of the molecule is CN1CC2(CCCCC2)n2c(cc3cnc(Nc4ccc(N5CCNCC5)cn4)nc32)C1=O. The Balaban J connectivity index is 1.33. The molecule has 6 rings (SSSR count).